The van der Waals surface area contributed by atoms with Crippen LogP contribution in [0.4, 0.5) is 0 Å². The molecule has 0 heterocycles. The Morgan fingerprint density at radius 3 is 1.91 bits per heavy atom. The zero-order valence-corrected chi connectivity index (χ0v) is 8.66. The lowest BCUT2D eigenvalue weighted by molar-refractivity contribution is 0.205. The number of aliphatic hydroxyl groups is 1. The van der Waals surface area contributed by atoms with Crippen LogP contribution in [0.25, 0.3) is 0 Å². The van der Waals surface area contributed by atoms with Crippen molar-refractivity contribution in [2.45, 2.75) is 33.2 Å². The first-order chi connectivity index (χ1) is 4.49. The zero-order valence-electron chi connectivity index (χ0n) is 7.85. The molecule has 0 saturated carbocycles. The van der Waals surface area contributed by atoms with Crippen molar-refractivity contribution in [2.75, 3.05) is 13.7 Å². The van der Waals surface area contributed by atoms with Gasteiger partial charge in [-0.25, -0.2) is 0 Å². The van der Waals surface area contributed by atoms with Gasteiger partial charge in [0.25, 0.3) is 0 Å². The van der Waals surface area contributed by atoms with E-state index in [1.807, 2.05) is 7.05 Å². The molecule has 0 aromatic rings. The molecule has 1 atom stereocenters. The quantitative estimate of drug-likeness (QED) is 0.691. The Hall–Kier alpha value is 0.210. The third-order valence-corrected chi connectivity index (χ3v) is 1.49. The summed E-state index contributed by atoms with van der Waals surface area (Å²) in [6.07, 6.45) is 1.01. The number of nitrogens with one attached hydrogen (secondary N) is 1. The van der Waals surface area contributed by atoms with Crippen molar-refractivity contribution in [1.29, 1.82) is 0 Å². The van der Waals surface area contributed by atoms with Gasteiger partial charge >= 0.3 is 0 Å². The zero-order chi connectivity index (χ0) is 8.20. The average Bonchev–Trinajstić information content (AvgIpc) is 1.81. The summed E-state index contributed by atoms with van der Waals surface area (Å²) in [6, 6.07) is 0.250. The summed E-state index contributed by atoms with van der Waals surface area (Å²) in [5, 5.41) is 11.9. The molecule has 0 radical (unpaired) electrons. The topological polar surface area (TPSA) is 32.3 Å². The Labute approximate surface area is 75.8 Å². The fourth-order valence-corrected chi connectivity index (χ4v) is 0.997. The lowest BCUT2D eigenvalue weighted by Crippen LogP contribution is -2.33. The lowest BCUT2D eigenvalue weighted by Gasteiger charge is -2.23. The van der Waals surface area contributed by atoms with E-state index in [9.17, 15) is 0 Å². The van der Waals surface area contributed by atoms with Gasteiger partial charge in [0, 0.05) is 6.04 Å². The summed E-state index contributed by atoms with van der Waals surface area (Å²) in [4.78, 5) is 0. The summed E-state index contributed by atoms with van der Waals surface area (Å²) in [5.74, 6) is 0. The van der Waals surface area contributed by atoms with Crippen LogP contribution in [0.15, 0.2) is 0 Å². The average molecular weight is 182 g/mol. The maximum atomic E-state index is 8.83. The van der Waals surface area contributed by atoms with E-state index in [0.717, 1.165) is 6.42 Å². The number of hydrogen-bond donors (Lipinski definition) is 2. The summed E-state index contributed by atoms with van der Waals surface area (Å²) >= 11 is 0. The Morgan fingerprint density at radius 2 is 1.82 bits per heavy atom. The fraction of sp³-hybridized carbons (Fsp3) is 1.00. The van der Waals surface area contributed by atoms with Crippen LogP contribution in [0.5, 0.6) is 0 Å². The van der Waals surface area contributed by atoms with Crippen LogP contribution in [0.1, 0.15) is 27.2 Å². The molecule has 0 aliphatic carbocycles. The normalized spacial score (nSPS) is 13.9. The van der Waals surface area contributed by atoms with Gasteiger partial charge in [-0.3, -0.25) is 0 Å². The minimum atomic E-state index is 0. The van der Waals surface area contributed by atoms with Crippen molar-refractivity contribution < 1.29 is 5.11 Å². The van der Waals surface area contributed by atoms with Gasteiger partial charge in [0.1, 0.15) is 0 Å². The molecule has 11 heavy (non-hydrogen) atoms. The van der Waals surface area contributed by atoms with E-state index in [1.165, 1.54) is 0 Å². The van der Waals surface area contributed by atoms with Crippen molar-refractivity contribution in [3.8, 4) is 0 Å². The maximum Gasteiger partial charge on any atom is 0.0584 e. The number of hydrogen-bond acceptors (Lipinski definition) is 2. The van der Waals surface area contributed by atoms with Crippen LogP contribution in [0.3, 0.4) is 0 Å². The van der Waals surface area contributed by atoms with Crippen molar-refractivity contribution in [2.24, 2.45) is 5.41 Å². The molecule has 0 aromatic carbocycles. The second-order valence-corrected chi connectivity index (χ2v) is 3.93. The molecule has 0 aromatic heterocycles. The van der Waals surface area contributed by atoms with Gasteiger partial charge in [-0.1, -0.05) is 20.8 Å². The first kappa shape index (κ1) is 13.8. The summed E-state index contributed by atoms with van der Waals surface area (Å²) < 4.78 is 0. The van der Waals surface area contributed by atoms with Gasteiger partial charge < -0.3 is 10.4 Å². The van der Waals surface area contributed by atoms with Gasteiger partial charge in [0.15, 0.2) is 0 Å². The van der Waals surface area contributed by atoms with E-state index in [1.54, 1.807) is 0 Å². The van der Waals surface area contributed by atoms with Crippen LogP contribution in [-0.4, -0.2) is 24.8 Å². The van der Waals surface area contributed by atoms with Crippen molar-refractivity contribution in [3.63, 3.8) is 0 Å². The largest absolute Gasteiger partial charge is 0.395 e. The Bertz CT molecular complexity index is 86.6. The summed E-state index contributed by atoms with van der Waals surface area (Å²) in [5.41, 5.74) is 0.302. The first-order valence-corrected chi connectivity index (χ1v) is 3.77. The van der Waals surface area contributed by atoms with Crippen LogP contribution < -0.4 is 5.32 Å². The molecule has 3 heteroatoms. The molecule has 0 saturated heterocycles. The predicted molar refractivity (Wildman–Crippen MR) is 51.3 cm³/mol. The minimum Gasteiger partial charge on any atom is -0.395 e. The lowest BCUT2D eigenvalue weighted by atomic mass is 9.88. The second-order valence-electron chi connectivity index (χ2n) is 3.93. The van der Waals surface area contributed by atoms with Gasteiger partial charge in [-0.05, 0) is 18.9 Å². The highest BCUT2D eigenvalue weighted by atomic mass is 35.5. The highest BCUT2D eigenvalue weighted by Crippen LogP contribution is 2.20. The van der Waals surface area contributed by atoms with Crippen LogP contribution in [0.2, 0.25) is 0 Å². The molecule has 0 aliphatic rings. The van der Waals surface area contributed by atoms with Crippen molar-refractivity contribution in [3.05, 3.63) is 0 Å². The van der Waals surface area contributed by atoms with E-state index >= 15 is 0 Å². The van der Waals surface area contributed by atoms with E-state index in [0.29, 0.717) is 5.41 Å². The van der Waals surface area contributed by atoms with Gasteiger partial charge in [-0.15, -0.1) is 12.4 Å². The summed E-state index contributed by atoms with van der Waals surface area (Å²) in [7, 11) is 1.88. The van der Waals surface area contributed by atoms with Crippen molar-refractivity contribution >= 4 is 12.4 Å². The molecule has 0 spiro atoms. The van der Waals surface area contributed by atoms with E-state index in [4.69, 9.17) is 5.11 Å². The Balaban J connectivity index is 0. The van der Waals surface area contributed by atoms with E-state index in [-0.39, 0.29) is 25.1 Å². The third-order valence-electron chi connectivity index (χ3n) is 1.49. The van der Waals surface area contributed by atoms with E-state index < -0.39 is 0 Å². The van der Waals surface area contributed by atoms with Crippen molar-refractivity contribution in [1.82, 2.24) is 5.32 Å². The highest BCUT2D eigenvalue weighted by molar-refractivity contribution is 5.85. The standard InChI is InChI=1S/C8H19NO.ClH/c1-8(2,3)5-7(6-10)9-4;/h7,9-10H,5-6H2,1-4H3;1H. The number of likely N-dealkylation sites (N-methyl/N-ethyl adjacent to an activating group) is 1. The minimum absolute atomic E-state index is 0. The summed E-state index contributed by atoms with van der Waals surface area (Å²) in [6.45, 7) is 6.75. The Kier molecular flexibility index (Phi) is 7.28. The number of aliphatic hydroxyl groups excluding tert-OH is 1. The molecule has 70 valence electrons. The van der Waals surface area contributed by atoms with E-state index in [2.05, 4.69) is 26.1 Å². The smallest absolute Gasteiger partial charge is 0.0584 e. The SMILES string of the molecule is CNC(CO)CC(C)(C)C.Cl. The Morgan fingerprint density at radius 1 is 1.36 bits per heavy atom. The fourth-order valence-electron chi connectivity index (χ4n) is 0.997. The van der Waals surface area contributed by atoms with Crippen LogP contribution in [0, 0.1) is 5.41 Å². The predicted octanol–water partition coefficient (Wildman–Crippen LogP) is 1.42. The molecule has 0 fully saturated rings. The monoisotopic (exact) mass is 181 g/mol. The molecule has 0 amide bonds. The van der Waals surface area contributed by atoms with Gasteiger partial charge in [0.05, 0.1) is 6.61 Å². The number of halogens is 1. The second kappa shape index (κ2) is 5.81. The highest BCUT2D eigenvalue weighted by Gasteiger charge is 2.15. The molecule has 0 rings (SSSR count). The van der Waals surface area contributed by atoms with Gasteiger partial charge in [0.2, 0.25) is 0 Å². The molecule has 1 unspecified atom stereocenters. The third kappa shape index (κ3) is 8.11. The molecular formula is C8H20ClNO. The molecule has 2 N–H and O–H groups in total. The molecular weight excluding hydrogens is 162 g/mol. The molecule has 0 bridgehead atoms. The number of rotatable bonds is 3. The molecule has 2 nitrogen and oxygen atoms in total. The maximum absolute atomic E-state index is 8.83. The van der Waals surface area contributed by atoms with Crippen LogP contribution in [-0.2, 0) is 0 Å². The molecule has 0 aliphatic heterocycles. The van der Waals surface area contributed by atoms with Crippen LogP contribution >= 0.6 is 12.4 Å². The van der Waals surface area contributed by atoms with Gasteiger partial charge in [-0.2, -0.15) is 0 Å². The first-order valence-electron chi connectivity index (χ1n) is 3.77.